The predicted molar refractivity (Wildman–Crippen MR) is 71.1 cm³/mol. The van der Waals surface area contributed by atoms with Crippen LogP contribution in [0.2, 0.25) is 0 Å². The van der Waals surface area contributed by atoms with Crippen LogP contribution in [0.1, 0.15) is 15.9 Å². The summed E-state index contributed by atoms with van der Waals surface area (Å²) in [5.74, 6) is -1.57. The Balaban J connectivity index is 2.65. The number of carboxylic acids is 1. The second-order valence-electron chi connectivity index (χ2n) is 4.06. The molecule has 0 radical (unpaired) electrons. The molecule has 0 fully saturated rings. The zero-order valence-electron chi connectivity index (χ0n) is 10.8. The molecule has 0 spiro atoms. The molecule has 2 N–H and O–H groups in total. The SMILES string of the molecule is C=CCOCC(NC(=O)c1cccc(C)c1)C(=O)O. The monoisotopic (exact) mass is 263 g/mol. The Kier molecular flexibility index (Phi) is 5.75. The molecule has 0 aromatic heterocycles. The van der Waals surface area contributed by atoms with Crippen LogP contribution in [0.15, 0.2) is 36.9 Å². The number of aryl methyl sites for hydroxylation is 1. The van der Waals surface area contributed by atoms with Gasteiger partial charge in [0.2, 0.25) is 0 Å². The van der Waals surface area contributed by atoms with Gasteiger partial charge >= 0.3 is 5.97 Å². The minimum atomic E-state index is -1.13. The molecule has 5 heteroatoms. The van der Waals surface area contributed by atoms with Crippen LogP contribution in [0.3, 0.4) is 0 Å². The van der Waals surface area contributed by atoms with Crippen LogP contribution < -0.4 is 5.32 Å². The molecule has 1 atom stereocenters. The van der Waals surface area contributed by atoms with Gasteiger partial charge in [-0.05, 0) is 19.1 Å². The van der Waals surface area contributed by atoms with Crippen molar-refractivity contribution >= 4 is 11.9 Å². The van der Waals surface area contributed by atoms with E-state index in [0.29, 0.717) is 5.56 Å². The summed E-state index contributed by atoms with van der Waals surface area (Å²) in [4.78, 5) is 22.9. The molecule has 0 aliphatic heterocycles. The fourth-order valence-electron chi connectivity index (χ4n) is 1.47. The molecule has 1 rings (SSSR count). The lowest BCUT2D eigenvalue weighted by molar-refractivity contribution is -0.140. The Morgan fingerprint density at radius 1 is 1.53 bits per heavy atom. The van der Waals surface area contributed by atoms with E-state index in [1.807, 2.05) is 13.0 Å². The first-order valence-electron chi connectivity index (χ1n) is 5.83. The van der Waals surface area contributed by atoms with Crippen molar-refractivity contribution in [1.82, 2.24) is 5.32 Å². The van der Waals surface area contributed by atoms with Crippen LogP contribution in [0.4, 0.5) is 0 Å². The highest BCUT2D eigenvalue weighted by molar-refractivity contribution is 5.96. The summed E-state index contributed by atoms with van der Waals surface area (Å²) in [6.45, 7) is 5.46. The first-order chi connectivity index (χ1) is 9.04. The first kappa shape index (κ1) is 14.9. The Bertz CT molecular complexity index is 470. The summed E-state index contributed by atoms with van der Waals surface area (Å²) < 4.78 is 5.05. The number of rotatable bonds is 7. The molecule has 1 aromatic carbocycles. The van der Waals surface area contributed by atoms with E-state index in [2.05, 4.69) is 11.9 Å². The third-order valence-electron chi connectivity index (χ3n) is 2.40. The van der Waals surface area contributed by atoms with Gasteiger partial charge in [0, 0.05) is 5.56 Å². The molecule has 0 saturated carbocycles. The van der Waals surface area contributed by atoms with E-state index in [0.717, 1.165) is 5.56 Å². The minimum absolute atomic E-state index is 0.0983. The van der Waals surface area contributed by atoms with E-state index in [1.165, 1.54) is 6.08 Å². The number of carbonyl (C=O) groups excluding carboxylic acids is 1. The average molecular weight is 263 g/mol. The van der Waals surface area contributed by atoms with Crippen LogP contribution in [-0.2, 0) is 9.53 Å². The zero-order chi connectivity index (χ0) is 14.3. The number of aliphatic carboxylic acids is 1. The highest BCUT2D eigenvalue weighted by Gasteiger charge is 2.20. The standard InChI is InChI=1S/C14H17NO4/c1-3-7-19-9-12(14(17)18)15-13(16)11-6-4-5-10(2)8-11/h3-6,8,12H,1,7,9H2,2H3,(H,15,16)(H,17,18). The van der Waals surface area contributed by atoms with E-state index >= 15 is 0 Å². The van der Waals surface area contributed by atoms with Crippen molar-refractivity contribution in [3.05, 3.63) is 48.0 Å². The van der Waals surface area contributed by atoms with Crippen molar-refractivity contribution in [3.63, 3.8) is 0 Å². The quantitative estimate of drug-likeness (QED) is 0.575. The fraction of sp³-hybridized carbons (Fsp3) is 0.286. The smallest absolute Gasteiger partial charge is 0.328 e. The molecule has 1 unspecified atom stereocenters. The lowest BCUT2D eigenvalue weighted by Crippen LogP contribution is -2.44. The second-order valence-corrected chi connectivity index (χ2v) is 4.06. The fourth-order valence-corrected chi connectivity index (χ4v) is 1.47. The average Bonchev–Trinajstić information content (AvgIpc) is 2.37. The van der Waals surface area contributed by atoms with Crippen LogP contribution in [0.25, 0.3) is 0 Å². The maximum absolute atomic E-state index is 11.9. The van der Waals surface area contributed by atoms with Gasteiger partial charge < -0.3 is 15.2 Å². The summed E-state index contributed by atoms with van der Waals surface area (Å²) in [5, 5.41) is 11.4. The number of ether oxygens (including phenoxy) is 1. The number of nitrogens with one attached hydrogen (secondary N) is 1. The number of amides is 1. The maximum Gasteiger partial charge on any atom is 0.328 e. The summed E-state index contributed by atoms with van der Waals surface area (Å²) in [5.41, 5.74) is 1.36. The Morgan fingerprint density at radius 3 is 2.84 bits per heavy atom. The minimum Gasteiger partial charge on any atom is -0.480 e. The third kappa shape index (κ3) is 4.93. The van der Waals surface area contributed by atoms with Gasteiger partial charge in [-0.25, -0.2) is 4.79 Å². The predicted octanol–water partition coefficient (Wildman–Crippen LogP) is 1.38. The number of carboxylic acid groups (broad SMARTS) is 1. The van der Waals surface area contributed by atoms with Crippen molar-refractivity contribution in [2.24, 2.45) is 0 Å². The van der Waals surface area contributed by atoms with Crippen molar-refractivity contribution < 1.29 is 19.4 Å². The summed E-state index contributed by atoms with van der Waals surface area (Å²) in [6, 6.07) is 5.85. The van der Waals surface area contributed by atoms with Crippen LogP contribution in [0.5, 0.6) is 0 Å². The Labute approximate surface area is 111 Å². The van der Waals surface area contributed by atoms with E-state index in [-0.39, 0.29) is 13.2 Å². The van der Waals surface area contributed by atoms with Crippen molar-refractivity contribution in [2.45, 2.75) is 13.0 Å². The second kappa shape index (κ2) is 7.33. The van der Waals surface area contributed by atoms with Gasteiger partial charge in [-0.1, -0.05) is 23.8 Å². The molecule has 0 saturated heterocycles. The van der Waals surface area contributed by atoms with E-state index < -0.39 is 17.9 Å². The summed E-state index contributed by atoms with van der Waals surface area (Å²) in [6.07, 6.45) is 1.52. The van der Waals surface area contributed by atoms with Crippen molar-refractivity contribution in [2.75, 3.05) is 13.2 Å². The van der Waals surface area contributed by atoms with Crippen molar-refractivity contribution in [3.8, 4) is 0 Å². The topological polar surface area (TPSA) is 75.6 Å². The molecule has 0 heterocycles. The molecular weight excluding hydrogens is 246 g/mol. The zero-order valence-corrected chi connectivity index (χ0v) is 10.8. The van der Waals surface area contributed by atoms with Gasteiger partial charge in [0.25, 0.3) is 5.91 Å². The molecule has 0 aliphatic carbocycles. The maximum atomic E-state index is 11.9. The normalized spacial score (nSPS) is 11.6. The van der Waals surface area contributed by atoms with Gasteiger partial charge in [-0.2, -0.15) is 0 Å². The van der Waals surface area contributed by atoms with Gasteiger partial charge in [0.15, 0.2) is 6.04 Å². The lowest BCUT2D eigenvalue weighted by Gasteiger charge is -2.14. The van der Waals surface area contributed by atoms with Crippen LogP contribution in [0, 0.1) is 6.92 Å². The van der Waals surface area contributed by atoms with Crippen LogP contribution >= 0.6 is 0 Å². The molecule has 5 nitrogen and oxygen atoms in total. The summed E-state index contributed by atoms with van der Waals surface area (Å²) in [7, 11) is 0. The number of hydrogen-bond acceptors (Lipinski definition) is 3. The molecule has 19 heavy (non-hydrogen) atoms. The van der Waals surface area contributed by atoms with E-state index in [4.69, 9.17) is 9.84 Å². The molecule has 1 amide bonds. The number of carbonyl (C=O) groups is 2. The van der Waals surface area contributed by atoms with E-state index in [9.17, 15) is 9.59 Å². The highest BCUT2D eigenvalue weighted by atomic mass is 16.5. The molecule has 1 aromatic rings. The van der Waals surface area contributed by atoms with Crippen LogP contribution in [-0.4, -0.2) is 36.2 Å². The Hall–Kier alpha value is -2.14. The number of hydrogen-bond donors (Lipinski definition) is 2. The molecular formula is C14H17NO4. The first-order valence-corrected chi connectivity index (χ1v) is 5.83. The molecule has 0 bridgehead atoms. The van der Waals surface area contributed by atoms with E-state index in [1.54, 1.807) is 18.2 Å². The molecule has 0 aliphatic rings. The van der Waals surface area contributed by atoms with Crippen molar-refractivity contribution in [1.29, 1.82) is 0 Å². The molecule has 102 valence electrons. The van der Waals surface area contributed by atoms with Gasteiger partial charge in [-0.15, -0.1) is 6.58 Å². The Morgan fingerprint density at radius 2 is 2.26 bits per heavy atom. The summed E-state index contributed by atoms with van der Waals surface area (Å²) >= 11 is 0. The highest BCUT2D eigenvalue weighted by Crippen LogP contribution is 2.04. The van der Waals surface area contributed by atoms with Gasteiger partial charge in [-0.3, -0.25) is 4.79 Å². The third-order valence-corrected chi connectivity index (χ3v) is 2.40. The van der Waals surface area contributed by atoms with Gasteiger partial charge in [0.1, 0.15) is 0 Å². The van der Waals surface area contributed by atoms with Gasteiger partial charge in [0.05, 0.1) is 13.2 Å². The number of benzene rings is 1. The lowest BCUT2D eigenvalue weighted by atomic mass is 10.1. The largest absolute Gasteiger partial charge is 0.480 e.